The van der Waals surface area contributed by atoms with Gasteiger partial charge in [0.25, 0.3) is 0 Å². The summed E-state index contributed by atoms with van der Waals surface area (Å²) in [6, 6.07) is -0.0460. The highest BCUT2D eigenvalue weighted by atomic mass is 16.3. The van der Waals surface area contributed by atoms with E-state index in [0.717, 1.165) is 38.5 Å². The van der Waals surface area contributed by atoms with Crippen molar-refractivity contribution in [3.8, 4) is 0 Å². The van der Waals surface area contributed by atoms with Gasteiger partial charge in [0.1, 0.15) is 0 Å². The molecule has 0 aromatic heterocycles. The molecule has 2 aliphatic rings. The van der Waals surface area contributed by atoms with Crippen LogP contribution in [0.2, 0.25) is 0 Å². The van der Waals surface area contributed by atoms with Crippen LogP contribution < -0.4 is 11.1 Å². The summed E-state index contributed by atoms with van der Waals surface area (Å²) < 4.78 is 0. The Kier molecular flexibility index (Phi) is 2.98. The van der Waals surface area contributed by atoms with E-state index in [4.69, 9.17) is 5.73 Å². The number of hydrogen-bond donors (Lipinski definition) is 3. The van der Waals surface area contributed by atoms with Crippen LogP contribution in [0.4, 0.5) is 0 Å². The first-order valence-electron chi connectivity index (χ1n) is 5.87. The number of aliphatic hydroxyl groups is 1. The van der Waals surface area contributed by atoms with Crippen molar-refractivity contribution in [1.29, 1.82) is 0 Å². The van der Waals surface area contributed by atoms with Gasteiger partial charge in [0, 0.05) is 6.54 Å². The van der Waals surface area contributed by atoms with Crippen molar-refractivity contribution in [2.45, 2.75) is 50.7 Å². The van der Waals surface area contributed by atoms with Crippen molar-refractivity contribution in [2.75, 3.05) is 6.54 Å². The average molecular weight is 212 g/mol. The Hall–Kier alpha value is -0.610. The molecule has 15 heavy (non-hydrogen) atoms. The zero-order valence-corrected chi connectivity index (χ0v) is 9.04. The molecule has 2 atom stereocenters. The smallest absolute Gasteiger partial charge is 0.227 e. The molecule has 0 saturated heterocycles. The van der Waals surface area contributed by atoms with Crippen molar-refractivity contribution < 1.29 is 9.90 Å². The van der Waals surface area contributed by atoms with E-state index in [1.54, 1.807) is 0 Å². The number of hydrogen-bond acceptors (Lipinski definition) is 3. The summed E-state index contributed by atoms with van der Waals surface area (Å²) in [7, 11) is 0. The van der Waals surface area contributed by atoms with E-state index in [2.05, 4.69) is 5.32 Å². The van der Waals surface area contributed by atoms with Crippen molar-refractivity contribution in [2.24, 2.45) is 11.1 Å². The highest BCUT2D eigenvalue weighted by molar-refractivity contribution is 5.85. The maximum absolute atomic E-state index is 11.9. The number of carbonyl (C=O) groups is 1. The van der Waals surface area contributed by atoms with Crippen molar-refractivity contribution in [1.82, 2.24) is 5.32 Å². The van der Waals surface area contributed by atoms with Crippen LogP contribution in [-0.2, 0) is 4.79 Å². The van der Waals surface area contributed by atoms with Gasteiger partial charge in [-0.05, 0) is 25.7 Å². The van der Waals surface area contributed by atoms with Crippen molar-refractivity contribution >= 4 is 5.91 Å². The first kappa shape index (κ1) is 10.9. The van der Waals surface area contributed by atoms with Crippen LogP contribution >= 0.6 is 0 Å². The van der Waals surface area contributed by atoms with Crippen molar-refractivity contribution in [3.05, 3.63) is 0 Å². The highest BCUT2D eigenvalue weighted by Gasteiger charge is 2.49. The molecule has 4 heteroatoms. The molecule has 0 aromatic rings. The third kappa shape index (κ3) is 2.16. The molecule has 0 spiro atoms. The summed E-state index contributed by atoms with van der Waals surface area (Å²) >= 11 is 0. The average Bonchev–Trinajstić information content (AvgIpc) is 3.02. The molecule has 0 heterocycles. The third-order valence-corrected chi connectivity index (χ3v) is 3.77. The topological polar surface area (TPSA) is 75.4 Å². The van der Waals surface area contributed by atoms with Crippen LogP contribution in [0.3, 0.4) is 0 Å². The van der Waals surface area contributed by atoms with Crippen LogP contribution in [0.1, 0.15) is 38.5 Å². The molecule has 0 radical (unpaired) electrons. The fourth-order valence-electron chi connectivity index (χ4n) is 2.28. The summed E-state index contributed by atoms with van der Waals surface area (Å²) in [5.74, 6) is 0.0518. The minimum absolute atomic E-state index is 0.0460. The van der Waals surface area contributed by atoms with Gasteiger partial charge in [-0.25, -0.2) is 0 Å². The first-order chi connectivity index (χ1) is 7.18. The fourth-order valence-corrected chi connectivity index (χ4v) is 2.28. The van der Waals surface area contributed by atoms with Gasteiger partial charge in [0.2, 0.25) is 5.91 Å². The summed E-state index contributed by atoms with van der Waals surface area (Å²) in [4.78, 5) is 11.9. The second-order valence-electron chi connectivity index (χ2n) is 4.92. The minimum Gasteiger partial charge on any atom is -0.391 e. The van der Waals surface area contributed by atoms with Gasteiger partial charge in [-0.2, -0.15) is 0 Å². The van der Waals surface area contributed by atoms with Gasteiger partial charge in [0.05, 0.1) is 17.6 Å². The maximum atomic E-state index is 11.9. The number of nitrogens with two attached hydrogens (primary N) is 1. The number of nitrogens with one attached hydrogen (secondary N) is 1. The van der Waals surface area contributed by atoms with E-state index in [1.165, 1.54) is 0 Å². The molecule has 2 fully saturated rings. The van der Waals surface area contributed by atoms with Gasteiger partial charge in [-0.3, -0.25) is 4.79 Å². The van der Waals surface area contributed by atoms with Crippen LogP contribution in [0.25, 0.3) is 0 Å². The molecule has 86 valence electrons. The molecule has 2 rings (SSSR count). The van der Waals surface area contributed by atoms with E-state index in [1.807, 2.05) is 0 Å². The largest absolute Gasteiger partial charge is 0.391 e. The zero-order chi connectivity index (χ0) is 10.9. The Balaban J connectivity index is 1.88. The maximum Gasteiger partial charge on any atom is 0.227 e. The highest BCUT2D eigenvalue weighted by Crippen LogP contribution is 2.44. The molecule has 0 aromatic carbocycles. The molecule has 0 bridgehead atoms. The number of carbonyl (C=O) groups excluding carboxylic acids is 1. The molecular weight excluding hydrogens is 192 g/mol. The van der Waals surface area contributed by atoms with E-state index in [0.29, 0.717) is 6.54 Å². The lowest BCUT2D eigenvalue weighted by Gasteiger charge is -2.29. The van der Waals surface area contributed by atoms with Crippen LogP contribution in [0, 0.1) is 5.41 Å². The SMILES string of the molecule is NCC1(C(=O)N[C@H]2CCCC[C@@H]2O)CC1. The summed E-state index contributed by atoms with van der Waals surface area (Å²) in [5.41, 5.74) is 5.29. The third-order valence-electron chi connectivity index (χ3n) is 3.77. The van der Waals surface area contributed by atoms with Crippen LogP contribution in [0.5, 0.6) is 0 Å². The summed E-state index contributed by atoms with van der Waals surface area (Å²) in [6.45, 7) is 0.432. The lowest BCUT2D eigenvalue weighted by Crippen LogP contribution is -2.49. The lowest BCUT2D eigenvalue weighted by molar-refractivity contribution is -0.128. The number of rotatable bonds is 3. The van der Waals surface area contributed by atoms with Crippen LogP contribution in [0.15, 0.2) is 0 Å². The van der Waals surface area contributed by atoms with E-state index < -0.39 is 0 Å². The predicted molar refractivity (Wildman–Crippen MR) is 57.1 cm³/mol. The second-order valence-corrected chi connectivity index (χ2v) is 4.92. The Morgan fingerprint density at radius 3 is 2.60 bits per heavy atom. The van der Waals surface area contributed by atoms with Gasteiger partial charge in [-0.15, -0.1) is 0 Å². The molecular formula is C11H20N2O2. The first-order valence-corrected chi connectivity index (χ1v) is 5.87. The van der Waals surface area contributed by atoms with Crippen LogP contribution in [-0.4, -0.2) is 29.7 Å². The summed E-state index contributed by atoms with van der Waals surface area (Å²) in [5, 5.41) is 12.7. The predicted octanol–water partition coefficient (Wildman–Crippen LogP) is 0.145. The van der Waals surface area contributed by atoms with Gasteiger partial charge < -0.3 is 16.2 Å². The van der Waals surface area contributed by atoms with E-state index in [-0.39, 0.29) is 23.5 Å². The minimum atomic E-state index is -0.365. The standard InChI is InChI=1S/C11H20N2O2/c12-7-11(5-6-11)10(15)13-8-3-1-2-4-9(8)14/h8-9,14H,1-7,12H2,(H,13,15)/t8-,9-/m0/s1. The van der Waals surface area contributed by atoms with E-state index in [9.17, 15) is 9.90 Å². The van der Waals surface area contributed by atoms with Gasteiger partial charge in [-0.1, -0.05) is 12.8 Å². The van der Waals surface area contributed by atoms with Gasteiger partial charge >= 0.3 is 0 Å². The molecule has 2 saturated carbocycles. The lowest BCUT2D eigenvalue weighted by atomic mass is 9.92. The molecule has 0 aliphatic heterocycles. The Labute approximate surface area is 90.2 Å². The zero-order valence-electron chi connectivity index (χ0n) is 9.04. The van der Waals surface area contributed by atoms with Crippen molar-refractivity contribution in [3.63, 3.8) is 0 Å². The van der Waals surface area contributed by atoms with E-state index >= 15 is 0 Å². The summed E-state index contributed by atoms with van der Waals surface area (Å²) in [6.07, 6.45) is 5.30. The molecule has 4 nitrogen and oxygen atoms in total. The Bertz CT molecular complexity index is 251. The fraction of sp³-hybridized carbons (Fsp3) is 0.909. The molecule has 2 aliphatic carbocycles. The number of aliphatic hydroxyl groups excluding tert-OH is 1. The normalized spacial score (nSPS) is 33.5. The Morgan fingerprint density at radius 2 is 2.07 bits per heavy atom. The van der Waals surface area contributed by atoms with Gasteiger partial charge in [0.15, 0.2) is 0 Å². The molecule has 1 amide bonds. The molecule has 0 unspecified atom stereocenters. The number of amides is 1. The molecule has 4 N–H and O–H groups in total. The quantitative estimate of drug-likeness (QED) is 0.623. The monoisotopic (exact) mass is 212 g/mol. The second kappa shape index (κ2) is 4.10. The Morgan fingerprint density at radius 1 is 1.40 bits per heavy atom.